The lowest BCUT2D eigenvalue weighted by Gasteiger charge is -2.12. The molecule has 0 aromatic heterocycles. The second kappa shape index (κ2) is 6.68. The van der Waals surface area contributed by atoms with E-state index in [-0.39, 0.29) is 18.0 Å². The van der Waals surface area contributed by atoms with Gasteiger partial charge in [0.1, 0.15) is 5.70 Å². The van der Waals surface area contributed by atoms with E-state index in [1.807, 2.05) is 31.2 Å². The number of rotatable bonds is 4. The van der Waals surface area contributed by atoms with Crippen molar-refractivity contribution < 1.29 is 19.4 Å². The molecule has 3 rings (SSSR count). The fourth-order valence-corrected chi connectivity index (χ4v) is 2.67. The Hall–Kier alpha value is -3.28. The number of nitrogens with zero attached hydrogens (tertiary/aromatic N) is 1. The third-order valence-corrected chi connectivity index (χ3v) is 3.90. The van der Waals surface area contributed by atoms with E-state index < -0.39 is 11.9 Å². The van der Waals surface area contributed by atoms with Crippen LogP contribution in [0.1, 0.15) is 16.7 Å². The molecule has 6 heteroatoms. The average molecular weight is 338 g/mol. The lowest BCUT2D eigenvalue weighted by molar-refractivity contribution is -0.123. The highest BCUT2D eigenvalue weighted by Gasteiger charge is 2.33. The standard InChI is InChI=1S/C19H18N2O4/c1-12-4-3-5-14(8-12)11-21-18(23)15(20-19(21)24)9-13-6-7-17(25-2)16(22)10-13/h3-10,22H,11H2,1-2H3,(H,20,24)/b15-9-. The second-order valence-corrected chi connectivity index (χ2v) is 5.80. The molecule has 128 valence electrons. The van der Waals surface area contributed by atoms with Gasteiger partial charge >= 0.3 is 6.03 Å². The Balaban J connectivity index is 1.82. The van der Waals surface area contributed by atoms with Crippen molar-refractivity contribution in [2.24, 2.45) is 0 Å². The first kappa shape index (κ1) is 16.6. The summed E-state index contributed by atoms with van der Waals surface area (Å²) in [5.41, 5.74) is 2.70. The molecule has 0 atom stereocenters. The van der Waals surface area contributed by atoms with Crippen LogP contribution in [-0.2, 0) is 11.3 Å². The molecule has 2 aromatic carbocycles. The maximum Gasteiger partial charge on any atom is 0.329 e. The van der Waals surface area contributed by atoms with Gasteiger partial charge in [-0.15, -0.1) is 0 Å². The Labute approximate surface area is 145 Å². The lowest BCUT2D eigenvalue weighted by atomic mass is 10.1. The van der Waals surface area contributed by atoms with Crippen molar-refractivity contribution >= 4 is 18.0 Å². The van der Waals surface area contributed by atoms with E-state index in [1.54, 1.807) is 12.1 Å². The summed E-state index contributed by atoms with van der Waals surface area (Å²) in [6.07, 6.45) is 1.52. The molecule has 2 aromatic rings. The van der Waals surface area contributed by atoms with Crippen LogP contribution in [0.25, 0.3) is 6.08 Å². The van der Waals surface area contributed by atoms with Gasteiger partial charge in [0.2, 0.25) is 0 Å². The Morgan fingerprint density at radius 1 is 1.20 bits per heavy atom. The van der Waals surface area contributed by atoms with Gasteiger partial charge in [0, 0.05) is 0 Å². The van der Waals surface area contributed by atoms with E-state index >= 15 is 0 Å². The van der Waals surface area contributed by atoms with E-state index in [1.165, 1.54) is 19.3 Å². The number of imide groups is 1. The van der Waals surface area contributed by atoms with Crippen LogP contribution in [0.3, 0.4) is 0 Å². The third-order valence-electron chi connectivity index (χ3n) is 3.90. The van der Waals surface area contributed by atoms with Gasteiger partial charge in [-0.05, 0) is 36.3 Å². The van der Waals surface area contributed by atoms with Gasteiger partial charge in [-0.25, -0.2) is 4.79 Å². The Kier molecular flexibility index (Phi) is 4.43. The van der Waals surface area contributed by atoms with Gasteiger partial charge in [-0.2, -0.15) is 0 Å². The smallest absolute Gasteiger partial charge is 0.329 e. The number of ether oxygens (including phenoxy) is 1. The molecule has 2 N–H and O–H groups in total. The zero-order chi connectivity index (χ0) is 18.0. The highest BCUT2D eigenvalue weighted by atomic mass is 16.5. The molecule has 1 aliphatic heterocycles. The normalized spacial score (nSPS) is 15.6. The van der Waals surface area contributed by atoms with Crippen molar-refractivity contribution in [3.8, 4) is 11.5 Å². The van der Waals surface area contributed by atoms with Crippen molar-refractivity contribution in [1.82, 2.24) is 10.2 Å². The molecular weight excluding hydrogens is 320 g/mol. The van der Waals surface area contributed by atoms with Crippen molar-refractivity contribution in [2.45, 2.75) is 13.5 Å². The van der Waals surface area contributed by atoms with Gasteiger partial charge in [0.15, 0.2) is 11.5 Å². The number of methoxy groups -OCH3 is 1. The summed E-state index contributed by atoms with van der Waals surface area (Å²) >= 11 is 0. The quantitative estimate of drug-likeness (QED) is 0.664. The summed E-state index contributed by atoms with van der Waals surface area (Å²) in [5, 5.41) is 12.4. The van der Waals surface area contributed by atoms with Crippen LogP contribution >= 0.6 is 0 Å². The topological polar surface area (TPSA) is 78.9 Å². The van der Waals surface area contributed by atoms with Gasteiger partial charge in [-0.1, -0.05) is 35.9 Å². The molecule has 1 heterocycles. The van der Waals surface area contributed by atoms with Crippen LogP contribution in [0.15, 0.2) is 48.2 Å². The predicted molar refractivity (Wildman–Crippen MR) is 92.9 cm³/mol. The maximum absolute atomic E-state index is 12.5. The number of aryl methyl sites for hydroxylation is 1. The number of phenolic OH excluding ortho intramolecular Hbond substituents is 1. The predicted octanol–water partition coefficient (Wildman–Crippen LogP) is 2.80. The molecule has 0 radical (unpaired) electrons. The fourth-order valence-electron chi connectivity index (χ4n) is 2.67. The van der Waals surface area contributed by atoms with Gasteiger partial charge in [0.05, 0.1) is 13.7 Å². The summed E-state index contributed by atoms with van der Waals surface area (Å²) in [5.74, 6) is -0.0999. The first-order valence-electron chi connectivity index (χ1n) is 7.75. The molecule has 1 fully saturated rings. The van der Waals surface area contributed by atoms with Crippen molar-refractivity contribution in [1.29, 1.82) is 0 Å². The van der Waals surface area contributed by atoms with Crippen LogP contribution in [0.4, 0.5) is 4.79 Å². The first-order chi connectivity index (χ1) is 12.0. The Morgan fingerprint density at radius 2 is 2.00 bits per heavy atom. The molecule has 0 bridgehead atoms. The van der Waals surface area contributed by atoms with Crippen LogP contribution in [0, 0.1) is 6.92 Å². The molecule has 0 unspecified atom stereocenters. The number of carbonyl (C=O) groups is 2. The first-order valence-corrected chi connectivity index (χ1v) is 7.75. The summed E-state index contributed by atoms with van der Waals surface area (Å²) in [6, 6.07) is 11.9. The van der Waals surface area contributed by atoms with Crippen molar-refractivity contribution in [3.63, 3.8) is 0 Å². The van der Waals surface area contributed by atoms with Crippen LogP contribution in [0.2, 0.25) is 0 Å². The molecule has 3 amide bonds. The zero-order valence-corrected chi connectivity index (χ0v) is 13.9. The fraction of sp³-hybridized carbons (Fsp3) is 0.158. The van der Waals surface area contributed by atoms with E-state index in [2.05, 4.69) is 5.32 Å². The number of urea groups is 1. The Morgan fingerprint density at radius 3 is 2.68 bits per heavy atom. The number of aromatic hydroxyl groups is 1. The van der Waals surface area contributed by atoms with E-state index in [4.69, 9.17) is 4.74 Å². The summed E-state index contributed by atoms with van der Waals surface area (Å²) in [4.78, 5) is 25.8. The molecule has 6 nitrogen and oxygen atoms in total. The monoisotopic (exact) mass is 338 g/mol. The van der Waals surface area contributed by atoms with Crippen LogP contribution < -0.4 is 10.1 Å². The van der Waals surface area contributed by atoms with E-state index in [0.717, 1.165) is 16.0 Å². The second-order valence-electron chi connectivity index (χ2n) is 5.80. The van der Waals surface area contributed by atoms with Gasteiger partial charge in [-0.3, -0.25) is 9.69 Å². The molecule has 0 spiro atoms. The third kappa shape index (κ3) is 3.47. The number of amides is 3. The number of hydrogen-bond donors (Lipinski definition) is 2. The zero-order valence-electron chi connectivity index (χ0n) is 13.9. The number of nitrogens with one attached hydrogen (secondary N) is 1. The minimum Gasteiger partial charge on any atom is -0.504 e. The van der Waals surface area contributed by atoms with Gasteiger partial charge < -0.3 is 15.2 Å². The minimum atomic E-state index is -0.463. The maximum atomic E-state index is 12.5. The lowest BCUT2D eigenvalue weighted by Crippen LogP contribution is -2.30. The summed E-state index contributed by atoms with van der Waals surface area (Å²) in [7, 11) is 1.46. The molecule has 0 saturated carbocycles. The number of hydrogen-bond acceptors (Lipinski definition) is 4. The van der Waals surface area contributed by atoms with Gasteiger partial charge in [0.25, 0.3) is 5.91 Å². The number of carbonyl (C=O) groups excluding carboxylic acids is 2. The number of benzene rings is 2. The van der Waals surface area contributed by atoms with E-state index in [0.29, 0.717) is 11.3 Å². The summed E-state index contributed by atoms with van der Waals surface area (Å²) < 4.78 is 4.99. The highest BCUT2D eigenvalue weighted by Crippen LogP contribution is 2.27. The SMILES string of the molecule is COc1ccc(/C=C2\NC(=O)N(Cc3cccc(C)c3)C2=O)cc1O. The van der Waals surface area contributed by atoms with Crippen LogP contribution in [-0.4, -0.2) is 29.1 Å². The molecule has 1 saturated heterocycles. The largest absolute Gasteiger partial charge is 0.504 e. The van der Waals surface area contributed by atoms with E-state index in [9.17, 15) is 14.7 Å². The van der Waals surface area contributed by atoms with Crippen molar-refractivity contribution in [3.05, 3.63) is 64.9 Å². The molecule has 0 aliphatic carbocycles. The van der Waals surface area contributed by atoms with Crippen LogP contribution in [0.5, 0.6) is 11.5 Å². The average Bonchev–Trinajstić information content (AvgIpc) is 2.83. The number of phenols is 1. The molecule has 25 heavy (non-hydrogen) atoms. The van der Waals surface area contributed by atoms with Crippen molar-refractivity contribution in [2.75, 3.05) is 7.11 Å². The molecule has 1 aliphatic rings. The molecular formula is C19H18N2O4. The minimum absolute atomic E-state index is 0.0368. The highest BCUT2D eigenvalue weighted by molar-refractivity contribution is 6.13. The Bertz CT molecular complexity index is 873. The summed E-state index contributed by atoms with van der Waals surface area (Å²) in [6.45, 7) is 2.16.